The lowest BCUT2D eigenvalue weighted by Gasteiger charge is -2.40. The van der Waals surface area contributed by atoms with Gasteiger partial charge in [0.2, 0.25) is 0 Å². The molecule has 1 aromatic carbocycles. The fourth-order valence-electron chi connectivity index (χ4n) is 2.58. The van der Waals surface area contributed by atoms with Crippen LogP contribution < -0.4 is 5.32 Å². The van der Waals surface area contributed by atoms with Crippen molar-refractivity contribution in [2.24, 2.45) is 5.41 Å². The predicted octanol–water partition coefficient (Wildman–Crippen LogP) is 4.05. The van der Waals surface area contributed by atoms with E-state index in [4.69, 9.17) is 23.2 Å². The number of carbonyl (C=O) groups is 1. The van der Waals surface area contributed by atoms with Crippen molar-refractivity contribution in [2.45, 2.75) is 45.1 Å². The molecule has 21 heavy (non-hydrogen) atoms. The quantitative estimate of drug-likeness (QED) is 0.878. The summed E-state index contributed by atoms with van der Waals surface area (Å²) >= 11 is 11.9. The Morgan fingerprint density at radius 1 is 1.24 bits per heavy atom. The van der Waals surface area contributed by atoms with Gasteiger partial charge in [-0.25, -0.2) is 0 Å². The lowest BCUT2D eigenvalue weighted by molar-refractivity contribution is -0.0233. The van der Waals surface area contributed by atoms with Crippen molar-refractivity contribution >= 4 is 29.1 Å². The summed E-state index contributed by atoms with van der Waals surface area (Å²) in [5, 5.41) is 14.1. The number of hydrogen-bond acceptors (Lipinski definition) is 2. The number of nitrogens with one attached hydrogen (secondary N) is 1. The zero-order valence-corrected chi connectivity index (χ0v) is 13.9. The number of amides is 1. The molecule has 5 heteroatoms. The van der Waals surface area contributed by atoms with E-state index in [2.05, 4.69) is 19.2 Å². The molecule has 2 rings (SSSR count). The van der Waals surface area contributed by atoms with Crippen LogP contribution in [-0.2, 0) is 0 Å². The summed E-state index contributed by atoms with van der Waals surface area (Å²) in [5.74, 6) is -0.305. The third-order valence-corrected chi connectivity index (χ3v) is 4.85. The van der Waals surface area contributed by atoms with E-state index in [1.54, 1.807) is 12.1 Å². The van der Waals surface area contributed by atoms with E-state index in [1.807, 2.05) is 0 Å². The molecule has 0 radical (unpaired) electrons. The van der Waals surface area contributed by atoms with Gasteiger partial charge in [-0.05, 0) is 49.3 Å². The van der Waals surface area contributed by atoms with Crippen molar-refractivity contribution in [3.63, 3.8) is 0 Å². The van der Waals surface area contributed by atoms with Gasteiger partial charge >= 0.3 is 0 Å². The second-order valence-corrected chi connectivity index (χ2v) is 7.54. The summed E-state index contributed by atoms with van der Waals surface area (Å²) in [6.45, 7) is 4.65. The topological polar surface area (TPSA) is 49.3 Å². The van der Waals surface area contributed by atoms with Gasteiger partial charge in [-0.15, -0.1) is 0 Å². The van der Waals surface area contributed by atoms with Crippen molar-refractivity contribution in [2.75, 3.05) is 6.54 Å². The van der Waals surface area contributed by atoms with Gasteiger partial charge in [0.05, 0.1) is 16.2 Å². The first-order chi connectivity index (χ1) is 9.71. The molecule has 0 heterocycles. The van der Waals surface area contributed by atoms with Gasteiger partial charge in [0.15, 0.2) is 0 Å². The first-order valence-corrected chi connectivity index (χ1v) is 7.92. The van der Waals surface area contributed by atoms with E-state index in [0.717, 1.165) is 12.8 Å². The standard InChI is InChI=1S/C16H21Cl2NO2/c1-15(2)5-7-16(21,8-6-15)10-19-14(20)12-9-11(17)3-4-13(12)18/h3-4,9,21H,5-8,10H2,1-2H3,(H,19,20). The molecule has 1 saturated carbocycles. The highest BCUT2D eigenvalue weighted by molar-refractivity contribution is 6.35. The van der Waals surface area contributed by atoms with Crippen LogP contribution in [0.2, 0.25) is 10.0 Å². The lowest BCUT2D eigenvalue weighted by atomic mass is 9.71. The second-order valence-electron chi connectivity index (χ2n) is 6.70. The monoisotopic (exact) mass is 329 g/mol. The van der Waals surface area contributed by atoms with Crippen molar-refractivity contribution in [1.29, 1.82) is 0 Å². The van der Waals surface area contributed by atoms with E-state index in [9.17, 15) is 9.90 Å². The van der Waals surface area contributed by atoms with Gasteiger partial charge in [-0.3, -0.25) is 4.79 Å². The van der Waals surface area contributed by atoms with Crippen LogP contribution in [0.5, 0.6) is 0 Å². The minimum atomic E-state index is -0.823. The third-order valence-electron chi connectivity index (χ3n) is 4.29. The molecule has 1 aliphatic carbocycles. The summed E-state index contributed by atoms with van der Waals surface area (Å²) in [6.07, 6.45) is 3.31. The second kappa shape index (κ2) is 6.15. The van der Waals surface area contributed by atoms with Crippen LogP contribution in [0.3, 0.4) is 0 Å². The summed E-state index contributed by atoms with van der Waals surface area (Å²) in [5.41, 5.74) is -0.216. The maximum Gasteiger partial charge on any atom is 0.252 e. The minimum Gasteiger partial charge on any atom is -0.388 e. The van der Waals surface area contributed by atoms with Crippen LogP contribution in [0, 0.1) is 5.41 Å². The molecule has 1 fully saturated rings. The molecule has 0 bridgehead atoms. The molecular formula is C16H21Cl2NO2. The zero-order valence-electron chi connectivity index (χ0n) is 12.4. The number of aliphatic hydroxyl groups is 1. The van der Waals surface area contributed by atoms with Crippen molar-refractivity contribution in [3.05, 3.63) is 33.8 Å². The van der Waals surface area contributed by atoms with E-state index < -0.39 is 5.60 Å². The van der Waals surface area contributed by atoms with Crippen LogP contribution in [-0.4, -0.2) is 23.2 Å². The summed E-state index contributed by atoms with van der Waals surface area (Å²) in [6, 6.07) is 4.77. The normalized spacial score (nSPS) is 20.0. The minimum absolute atomic E-state index is 0.241. The highest BCUT2D eigenvalue weighted by Gasteiger charge is 2.36. The molecular weight excluding hydrogens is 309 g/mol. The van der Waals surface area contributed by atoms with E-state index >= 15 is 0 Å². The molecule has 0 unspecified atom stereocenters. The maximum atomic E-state index is 12.2. The number of benzene rings is 1. The Bertz CT molecular complexity index is 533. The molecule has 1 amide bonds. The fraction of sp³-hybridized carbons (Fsp3) is 0.562. The Balaban J connectivity index is 1.97. The molecule has 116 valence electrons. The average Bonchev–Trinajstić information content (AvgIpc) is 2.43. The van der Waals surface area contributed by atoms with Crippen LogP contribution in [0.4, 0.5) is 0 Å². The SMILES string of the molecule is CC1(C)CCC(O)(CNC(=O)c2cc(Cl)ccc2Cl)CC1. The maximum absolute atomic E-state index is 12.2. The molecule has 1 aromatic rings. The van der Waals surface area contributed by atoms with Gasteiger partial charge in [0.25, 0.3) is 5.91 Å². The molecule has 0 saturated heterocycles. The third kappa shape index (κ3) is 4.35. The van der Waals surface area contributed by atoms with Gasteiger partial charge in [0, 0.05) is 11.6 Å². The van der Waals surface area contributed by atoms with Gasteiger partial charge in [-0.2, -0.15) is 0 Å². The number of carbonyl (C=O) groups excluding carboxylic acids is 1. The summed E-state index contributed by atoms with van der Waals surface area (Å²) in [4.78, 5) is 12.2. The van der Waals surface area contributed by atoms with E-state index in [-0.39, 0.29) is 17.9 Å². The largest absolute Gasteiger partial charge is 0.388 e. The van der Waals surface area contributed by atoms with Crippen molar-refractivity contribution < 1.29 is 9.90 Å². The molecule has 1 aliphatic rings. The number of hydrogen-bond donors (Lipinski definition) is 2. The Morgan fingerprint density at radius 2 is 1.86 bits per heavy atom. The first-order valence-electron chi connectivity index (χ1n) is 7.17. The zero-order chi connectivity index (χ0) is 15.7. The Hall–Kier alpha value is -0.770. The van der Waals surface area contributed by atoms with Crippen LogP contribution in [0.1, 0.15) is 49.9 Å². The smallest absolute Gasteiger partial charge is 0.252 e. The Labute approximate surface area is 135 Å². The van der Waals surface area contributed by atoms with Gasteiger partial charge < -0.3 is 10.4 Å². The molecule has 2 N–H and O–H groups in total. The van der Waals surface area contributed by atoms with E-state index in [1.165, 1.54) is 6.07 Å². The average molecular weight is 330 g/mol. The summed E-state index contributed by atoms with van der Waals surface area (Å²) in [7, 11) is 0. The van der Waals surface area contributed by atoms with Crippen LogP contribution >= 0.6 is 23.2 Å². The molecule has 0 atom stereocenters. The van der Waals surface area contributed by atoms with Crippen LogP contribution in [0.15, 0.2) is 18.2 Å². The van der Waals surface area contributed by atoms with Crippen LogP contribution in [0.25, 0.3) is 0 Å². The molecule has 3 nitrogen and oxygen atoms in total. The molecule has 0 aliphatic heterocycles. The lowest BCUT2D eigenvalue weighted by Crippen LogP contribution is -2.46. The predicted molar refractivity (Wildman–Crippen MR) is 86.0 cm³/mol. The fourth-order valence-corrected chi connectivity index (χ4v) is 2.96. The highest BCUT2D eigenvalue weighted by Crippen LogP contribution is 2.39. The van der Waals surface area contributed by atoms with E-state index in [0.29, 0.717) is 28.5 Å². The Kier molecular flexibility index (Phi) is 4.86. The number of halogens is 2. The molecule has 0 spiro atoms. The Morgan fingerprint density at radius 3 is 2.48 bits per heavy atom. The van der Waals surface area contributed by atoms with Gasteiger partial charge in [-0.1, -0.05) is 37.0 Å². The molecule has 0 aromatic heterocycles. The highest BCUT2D eigenvalue weighted by atomic mass is 35.5. The van der Waals surface area contributed by atoms with Gasteiger partial charge in [0.1, 0.15) is 0 Å². The first kappa shape index (κ1) is 16.6. The number of rotatable bonds is 3. The van der Waals surface area contributed by atoms with Crippen molar-refractivity contribution in [1.82, 2.24) is 5.32 Å². The summed E-state index contributed by atoms with van der Waals surface area (Å²) < 4.78 is 0. The van der Waals surface area contributed by atoms with Crippen molar-refractivity contribution in [3.8, 4) is 0 Å².